The number of hydrogen-bond acceptors (Lipinski definition) is 12. The third kappa shape index (κ3) is 10.5. The Balaban J connectivity index is 0.992. The van der Waals surface area contributed by atoms with Crippen LogP contribution in [-0.4, -0.2) is 82.1 Å². The predicted molar refractivity (Wildman–Crippen MR) is 216 cm³/mol. The first-order chi connectivity index (χ1) is 27.4. The second-order valence-electron chi connectivity index (χ2n) is 15.1. The molecule has 5 atom stereocenters. The third-order valence-corrected chi connectivity index (χ3v) is 13.6. The number of likely N-dealkylation sites (tertiary alicyclic amines) is 1. The molecule has 6 N–H and O–H groups in total. The van der Waals surface area contributed by atoms with E-state index in [4.69, 9.17) is 19.5 Å². The first-order valence-corrected chi connectivity index (χ1v) is 22.4. The van der Waals surface area contributed by atoms with Gasteiger partial charge in [-0.3, -0.25) is 18.6 Å². The van der Waals surface area contributed by atoms with Crippen molar-refractivity contribution >= 4 is 44.9 Å². The summed E-state index contributed by atoms with van der Waals surface area (Å²) in [5.74, 6) is -1.32. The molecule has 0 saturated carbocycles. The number of carbonyl (C=O) groups excluding carboxylic acids is 3. The molecule has 1 saturated heterocycles. The molecule has 1 aliphatic carbocycles. The van der Waals surface area contributed by atoms with Gasteiger partial charge in [-0.25, -0.2) is 18.9 Å². The second-order valence-corrected chi connectivity index (χ2v) is 19.0. The summed E-state index contributed by atoms with van der Waals surface area (Å²) in [7, 11) is -10.5. The van der Waals surface area contributed by atoms with Crippen molar-refractivity contribution < 1.29 is 51.4 Å². The minimum atomic E-state index is -5.32. The Bertz CT molecular complexity index is 2190. The van der Waals surface area contributed by atoms with Gasteiger partial charge in [0.2, 0.25) is 11.8 Å². The van der Waals surface area contributed by atoms with Gasteiger partial charge in [0.1, 0.15) is 12.6 Å². The van der Waals surface area contributed by atoms with E-state index in [1.807, 2.05) is 79.7 Å². The fourth-order valence-corrected chi connectivity index (χ4v) is 9.95. The summed E-state index contributed by atoms with van der Waals surface area (Å²) in [6.45, 7) is 6.13. The lowest BCUT2D eigenvalue weighted by Gasteiger charge is -2.32. The van der Waals surface area contributed by atoms with E-state index in [0.29, 0.717) is 0 Å². The van der Waals surface area contributed by atoms with Gasteiger partial charge in [-0.05, 0) is 45.7 Å². The molecule has 3 amide bonds. The van der Waals surface area contributed by atoms with E-state index in [1.165, 1.54) is 16.2 Å². The topological polar surface area (TPSA) is 229 Å². The lowest BCUT2D eigenvalue weighted by molar-refractivity contribution is -0.141. The number of phosphoric acid groups is 2. The number of nitrogens with one attached hydrogen (secondary N) is 2. The SMILES string of the molecule is Cc1ncsc1-c1ccc(CNC(=O)[C@@H]2C[C@@H](OP(=O)(O)OP(=O)(O)OCCNC(=O)OCC3c4ccccc4-c4ccccc43)CN2C(=O)[C@@H](N)C(C)(C)C)cc1. The van der Waals surface area contributed by atoms with Crippen LogP contribution in [0.5, 0.6) is 0 Å². The highest BCUT2D eigenvalue weighted by Crippen LogP contribution is 2.61. The van der Waals surface area contributed by atoms with Crippen LogP contribution in [0.2, 0.25) is 0 Å². The zero-order valence-corrected chi connectivity index (χ0v) is 35.0. The van der Waals surface area contributed by atoms with Gasteiger partial charge in [0.25, 0.3) is 0 Å². The number of rotatable bonds is 15. The number of carbonyl (C=O) groups is 3. The number of thiazole rings is 1. The van der Waals surface area contributed by atoms with Crippen LogP contribution in [0.15, 0.2) is 78.3 Å². The van der Waals surface area contributed by atoms with E-state index in [9.17, 15) is 33.3 Å². The summed E-state index contributed by atoms with van der Waals surface area (Å²) in [5, 5.41) is 5.22. The highest BCUT2D eigenvalue weighted by atomic mass is 32.1. The first-order valence-electron chi connectivity index (χ1n) is 18.5. The zero-order valence-electron chi connectivity index (χ0n) is 32.4. The van der Waals surface area contributed by atoms with Crippen molar-refractivity contribution in [2.24, 2.45) is 11.1 Å². The maximum absolute atomic E-state index is 13.6. The molecule has 3 aromatic carbocycles. The van der Waals surface area contributed by atoms with E-state index in [2.05, 4.69) is 19.9 Å². The van der Waals surface area contributed by atoms with Crippen LogP contribution < -0.4 is 16.4 Å². The number of aryl methyl sites for hydroxylation is 1. The summed E-state index contributed by atoms with van der Waals surface area (Å²) in [4.78, 5) is 66.8. The van der Waals surface area contributed by atoms with Crippen molar-refractivity contribution in [2.75, 3.05) is 26.3 Å². The van der Waals surface area contributed by atoms with Crippen molar-refractivity contribution in [3.63, 3.8) is 0 Å². The number of ether oxygens (including phenoxy) is 1. The molecule has 58 heavy (non-hydrogen) atoms. The monoisotopic (exact) mass is 855 g/mol. The highest BCUT2D eigenvalue weighted by molar-refractivity contribution is 7.61. The Hall–Kier alpha value is -4.28. The molecule has 4 aromatic rings. The van der Waals surface area contributed by atoms with E-state index in [0.717, 1.165) is 44.0 Å². The summed E-state index contributed by atoms with van der Waals surface area (Å²) in [6, 6.07) is 21.1. The van der Waals surface area contributed by atoms with Gasteiger partial charge in [0.15, 0.2) is 0 Å². The lowest BCUT2D eigenvalue weighted by atomic mass is 9.86. The molecule has 6 rings (SSSR count). The minimum Gasteiger partial charge on any atom is -0.449 e. The van der Waals surface area contributed by atoms with Crippen molar-refractivity contribution in [2.45, 2.75) is 64.8 Å². The van der Waals surface area contributed by atoms with Crippen LogP contribution in [0.3, 0.4) is 0 Å². The van der Waals surface area contributed by atoms with Gasteiger partial charge < -0.3 is 35.8 Å². The Morgan fingerprint density at radius 3 is 2.21 bits per heavy atom. The van der Waals surface area contributed by atoms with Gasteiger partial charge in [-0.2, -0.15) is 4.31 Å². The smallest absolute Gasteiger partial charge is 0.449 e. The zero-order chi connectivity index (χ0) is 41.8. The van der Waals surface area contributed by atoms with Crippen molar-refractivity contribution in [1.82, 2.24) is 20.5 Å². The number of nitrogens with two attached hydrogens (primary N) is 1. The maximum Gasteiger partial charge on any atom is 0.481 e. The summed E-state index contributed by atoms with van der Waals surface area (Å²) < 4.78 is 45.6. The van der Waals surface area contributed by atoms with Gasteiger partial charge in [-0.1, -0.05) is 93.6 Å². The van der Waals surface area contributed by atoms with Crippen LogP contribution >= 0.6 is 27.0 Å². The standard InChI is InChI=1S/C39H47N5O11P2S/c1-24-34(58-23-43-24)26-15-13-25(14-16-26)20-42-36(45)33-19-27(21-44(33)37(46)35(40)39(2,3)4)54-57(50,51)55-56(48,49)53-18-17-41-38(47)52-22-32-30-11-7-5-9-28(30)29-10-6-8-12-31(29)32/h5-16,23,27,32-33,35H,17-22,40H2,1-4H3,(H,41,47)(H,42,45)(H,48,49)(H,50,51)/t27-,33+,35-/m1/s1. The lowest BCUT2D eigenvalue weighted by Crippen LogP contribution is -2.54. The van der Waals surface area contributed by atoms with Crippen molar-refractivity contribution in [3.05, 3.63) is 101 Å². The minimum absolute atomic E-state index is 0.0460. The quantitative estimate of drug-likeness (QED) is 0.0698. The van der Waals surface area contributed by atoms with E-state index >= 15 is 0 Å². The van der Waals surface area contributed by atoms with E-state index in [-0.39, 0.29) is 38.6 Å². The largest absolute Gasteiger partial charge is 0.481 e. The average Bonchev–Trinajstić information content (AvgIpc) is 3.88. The molecule has 0 spiro atoms. The highest BCUT2D eigenvalue weighted by Gasteiger charge is 2.47. The predicted octanol–water partition coefficient (Wildman–Crippen LogP) is 5.87. The van der Waals surface area contributed by atoms with Gasteiger partial charge in [0.05, 0.1) is 34.8 Å². The maximum atomic E-state index is 13.6. The Morgan fingerprint density at radius 1 is 0.966 bits per heavy atom. The first kappa shape index (κ1) is 43.3. The molecule has 2 aliphatic rings. The fraction of sp³-hybridized carbons (Fsp3) is 0.385. The molecule has 1 aliphatic heterocycles. The van der Waals surface area contributed by atoms with Crippen molar-refractivity contribution in [1.29, 1.82) is 0 Å². The molecule has 1 fully saturated rings. The molecule has 1 aromatic heterocycles. The Labute approximate surface area is 340 Å². The van der Waals surface area contributed by atoms with E-state index in [1.54, 1.807) is 26.3 Å². The van der Waals surface area contributed by atoms with Crippen LogP contribution in [-0.2, 0) is 43.4 Å². The molecule has 310 valence electrons. The normalized spacial score (nSPS) is 19.1. The van der Waals surface area contributed by atoms with Crippen LogP contribution in [0.25, 0.3) is 21.6 Å². The van der Waals surface area contributed by atoms with Crippen LogP contribution in [0, 0.1) is 12.3 Å². The third-order valence-electron chi connectivity index (χ3n) is 9.93. The number of amides is 3. The number of nitrogens with zero attached hydrogens (tertiary/aromatic N) is 2. The molecule has 19 heteroatoms. The molecule has 16 nitrogen and oxygen atoms in total. The molecule has 0 radical (unpaired) electrons. The van der Waals surface area contributed by atoms with Gasteiger partial charge in [-0.15, -0.1) is 11.3 Å². The molecular formula is C39H47N5O11P2S. The molecule has 0 bridgehead atoms. The summed E-state index contributed by atoms with van der Waals surface area (Å²) in [5.41, 5.74) is 14.2. The number of benzene rings is 3. The second kappa shape index (κ2) is 17.9. The average molecular weight is 856 g/mol. The number of aromatic nitrogens is 1. The number of alkyl carbamates (subject to hydrolysis) is 1. The molecular weight excluding hydrogens is 808 g/mol. The number of hydrogen-bond donors (Lipinski definition) is 5. The Kier molecular flexibility index (Phi) is 13.4. The number of fused-ring (bicyclic) bond motifs is 3. The molecule has 2 unspecified atom stereocenters. The Morgan fingerprint density at radius 2 is 1.60 bits per heavy atom. The van der Waals surface area contributed by atoms with Crippen LogP contribution in [0.4, 0.5) is 4.79 Å². The van der Waals surface area contributed by atoms with Crippen LogP contribution in [0.1, 0.15) is 55.5 Å². The summed E-state index contributed by atoms with van der Waals surface area (Å²) >= 11 is 1.52. The fourth-order valence-electron chi connectivity index (χ4n) is 6.90. The number of phosphoric ester groups is 2. The van der Waals surface area contributed by atoms with Gasteiger partial charge >= 0.3 is 21.7 Å². The van der Waals surface area contributed by atoms with Gasteiger partial charge in [0, 0.05) is 32.0 Å². The summed E-state index contributed by atoms with van der Waals surface area (Å²) in [6.07, 6.45) is -2.31. The van der Waals surface area contributed by atoms with Crippen molar-refractivity contribution in [3.8, 4) is 21.6 Å². The molecule has 2 heterocycles. The van der Waals surface area contributed by atoms with E-state index < -0.39 is 63.8 Å².